The number of aromatic nitrogens is 2. The van der Waals surface area contributed by atoms with Gasteiger partial charge in [-0.25, -0.2) is 9.97 Å². The van der Waals surface area contributed by atoms with E-state index in [0.717, 1.165) is 63.8 Å². The number of nitrogens with zero attached hydrogens (tertiary/aromatic N) is 5. The molecule has 0 spiro atoms. The van der Waals surface area contributed by atoms with E-state index >= 15 is 0 Å². The van der Waals surface area contributed by atoms with Crippen LogP contribution >= 0.6 is 0 Å². The van der Waals surface area contributed by atoms with Gasteiger partial charge in [0.1, 0.15) is 29.7 Å². The molecule has 0 saturated heterocycles. The van der Waals surface area contributed by atoms with E-state index in [1.54, 1.807) is 7.11 Å². The molecule has 3 heterocycles. The summed E-state index contributed by atoms with van der Waals surface area (Å²) in [6, 6.07) is 19.1. The number of methoxy groups -OCH3 is 1. The van der Waals surface area contributed by atoms with Crippen LogP contribution in [-0.4, -0.2) is 54.9 Å². The molecule has 0 radical (unpaired) electrons. The minimum atomic E-state index is 0.587. The Morgan fingerprint density at radius 2 is 1.81 bits per heavy atom. The van der Waals surface area contributed by atoms with Crippen LogP contribution in [0.5, 0.6) is 11.5 Å². The summed E-state index contributed by atoms with van der Waals surface area (Å²) in [4.78, 5) is 19.0. The average molecular weight is 494 g/mol. The van der Waals surface area contributed by atoms with Gasteiger partial charge in [0.15, 0.2) is 0 Å². The number of aliphatic imine (C=N–C) groups is 1. The van der Waals surface area contributed by atoms with Gasteiger partial charge in [0.05, 0.1) is 31.4 Å². The van der Waals surface area contributed by atoms with E-state index in [2.05, 4.69) is 59.2 Å². The minimum absolute atomic E-state index is 0.587. The molecule has 0 amide bonds. The number of hydrogen-bond acceptors (Lipinski definition) is 7. The zero-order valence-corrected chi connectivity index (χ0v) is 21.8. The van der Waals surface area contributed by atoms with Gasteiger partial charge in [-0.1, -0.05) is 18.2 Å². The molecule has 0 N–H and O–H groups in total. The molecule has 0 bridgehead atoms. The summed E-state index contributed by atoms with van der Waals surface area (Å²) in [5.74, 6) is 3.42. The van der Waals surface area contributed by atoms with E-state index < -0.39 is 0 Å². The Balaban J connectivity index is 1.39. The fourth-order valence-corrected chi connectivity index (χ4v) is 5.13. The Morgan fingerprint density at radius 3 is 2.65 bits per heavy atom. The molecule has 0 unspecified atom stereocenters. The molecular weight excluding hydrogens is 462 g/mol. The van der Waals surface area contributed by atoms with Crippen LogP contribution in [0.25, 0.3) is 22.0 Å². The molecule has 37 heavy (non-hydrogen) atoms. The second-order valence-corrected chi connectivity index (χ2v) is 10.0. The van der Waals surface area contributed by atoms with Gasteiger partial charge in [-0.05, 0) is 68.0 Å². The maximum atomic E-state index is 6.19. The van der Waals surface area contributed by atoms with Gasteiger partial charge in [0, 0.05) is 35.7 Å². The first-order valence-electron chi connectivity index (χ1n) is 12.6. The highest BCUT2D eigenvalue weighted by atomic mass is 16.5. The van der Waals surface area contributed by atoms with Crippen LogP contribution in [-0.2, 0) is 19.5 Å². The van der Waals surface area contributed by atoms with Crippen LogP contribution in [0.4, 0.5) is 11.5 Å². The van der Waals surface area contributed by atoms with E-state index in [0.29, 0.717) is 19.7 Å². The molecule has 188 valence electrons. The Labute approximate surface area is 217 Å². The standard InChI is InChI=1S/C30H31N5O2/c1-19-13-22-6-5-21(15-26(22)31-19)20-7-10-28-23(14-20)17-35(11-12-37-28)30-25-9-8-24(36-4)16-27(25)32-29(33-30)18-34(2)3/h5-10,14-16H,11-13,17-18H2,1-4H3. The van der Waals surface area contributed by atoms with Crippen molar-refractivity contribution in [3.05, 3.63) is 71.5 Å². The quantitative estimate of drug-likeness (QED) is 0.370. The summed E-state index contributed by atoms with van der Waals surface area (Å²) in [5.41, 5.74) is 7.91. The molecule has 3 aromatic carbocycles. The number of benzene rings is 3. The summed E-state index contributed by atoms with van der Waals surface area (Å²) in [6.45, 7) is 4.77. The first kappa shape index (κ1) is 23.4. The summed E-state index contributed by atoms with van der Waals surface area (Å²) >= 11 is 0. The zero-order chi connectivity index (χ0) is 25.5. The molecule has 7 heteroatoms. The highest BCUT2D eigenvalue weighted by Crippen LogP contribution is 2.36. The number of ether oxygens (including phenoxy) is 2. The molecule has 0 atom stereocenters. The van der Waals surface area contributed by atoms with Crippen molar-refractivity contribution < 1.29 is 9.47 Å². The smallest absolute Gasteiger partial charge is 0.145 e. The van der Waals surface area contributed by atoms with Crippen LogP contribution in [0.2, 0.25) is 0 Å². The van der Waals surface area contributed by atoms with Gasteiger partial charge in [0.25, 0.3) is 0 Å². The molecule has 0 fully saturated rings. The van der Waals surface area contributed by atoms with Crippen LogP contribution in [0.1, 0.15) is 23.9 Å². The van der Waals surface area contributed by atoms with E-state index in [4.69, 9.17) is 24.4 Å². The van der Waals surface area contributed by atoms with Gasteiger partial charge >= 0.3 is 0 Å². The predicted octanol–water partition coefficient (Wildman–Crippen LogP) is 5.41. The monoisotopic (exact) mass is 493 g/mol. The number of fused-ring (bicyclic) bond motifs is 3. The normalized spacial score (nSPS) is 14.7. The Kier molecular flexibility index (Phi) is 6.00. The van der Waals surface area contributed by atoms with Crippen LogP contribution in [0.3, 0.4) is 0 Å². The van der Waals surface area contributed by atoms with Crippen LogP contribution in [0, 0.1) is 0 Å². The second kappa shape index (κ2) is 9.48. The van der Waals surface area contributed by atoms with Crippen molar-refractivity contribution in [2.45, 2.75) is 26.4 Å². The maximum Gasteiger partial charge on any atom is 0.145 e. The van der Waals surface area contributed by atoms with Gasteiger partial charge in [-0.2, -0.15) is 0 Å². The molecule has 2 aliphatic rings. The zero-order valence-electron chi connectivity index (χ0n) is 21.8. The lowest BCUT2D eigenvalue weighted by Crippen LogP contribution is -2.27. The Hall–Kier alpha value is -3.97. The van der Waals surface area contributed by atoms with Crippen molar-refractivity contribution in [3.8, 4) is 22.6 Å². The van der Waals surface area contributed by atoms with Crippen molar-refractivity contribution >= 4 is 28.1 Å². The topological polar surface area (TPSA) is 63.1 Å². The first-order chi connectivity index (χ1) is 18.0. The van der Waals surface area contributed by atoms with Crippen LogP contribution in [0.15, 0.2) is 59.6 Å². The lowest BCUT2D eigenvalue weighted by Gasteiger charge is -2.24. The van der Waals surface area contributed by atoms with Crippen molar-refractivity contribution in [2.24, 2.45) is 4.99 Å². The van der Waals surface area contributed by atoms with Gasteiger partial charge in [0.2, 0.25) is 0 Å². The fraction of sp³-hybridized carbons (Fsp3) is 0.300. The SMILES string of the molecule is COc1ccc2c(N3CCOc4ccc(-c5ccc6c(c5)N=C(C)C6)cc4C3)nc(CN(C)C)nc2c1. The molecular formula is C30H31N5O2. The van der Waals surface area contributed by atoms with Gasteiger partial charge < -0.3 is 19.3 Å². The summed E-state index contributed by atoms with van der Waals surface area (Å²) < 4.78 is 11.7. The van der Waals surface area contributed by atoms with E-state index in [1.165, 1.54) is 16.8 Å². The molecule has 0 saturated carbocycles. The molecule has 4 aromatic rings. The lowest BCUT2D eigenvalue weighted by atomic mass is 9.99. The number of anilines is 1. The van der Waals surface area contributed by atoms with E-state index in [9.17, 15) is 0 Å². The fourth-order valence-electron chi connectivity index (χ4n) is 5.13. The Bertz CT molecular complexity index is 1530. The van der Waals surface area contributed by atoms with Crippen molar-refractivity contribution in [1.29, 1.82) is 0 Å². The number of rotatable bonds is 5. The van der Waals surface area contributed by atoms with Crippen molar-refractivity contribution in [1.82, 2.24) is 14.9 Å². The third-order valence-electron chi connectivity index (χ3n) is 6.90. The summed E-state index contributed by atoms with van der Waals surface area (Å²) in [5, 5.41) is 1.01. The summed E-state index contributed by atoms with van der Waals surface area (Å²) in [6.07, 6.45) is 0.942. The van der Waals surface area contributed by atoms with Crippen molar-refractivity contribution in [3.63, 3.8) is 0 Å². The second-order valence-electron chi connectivity index (χ2n) is 10.0. The lowest BCUT2D eigenvalue weighted by molar-refractivity contribution is 0.331. The molecule has 0 aliphatic carbocycles. The molecule has 1 aromatic heterocycles. The van der Waals surface area contributed by atoms with Gasteiger partial charge in [-0.3, -0.25) is 4.99 Å². The first-order valence-corrected chi connectivity index (χ1v) is 12.6. The third kappa shape index (κ3) is 4.62. The third-order valence-corrected chi connectivity index (χ3v) is 6.90. The van der Waals surface area contributed by atoms with E-state index in [1.807, 2.05) is 26.2 Å². The molecule has 6 rings (SSSR count). The average Bonchev–Trinajstić information content (AvgIpc) is 3.13. The van der Waals surface area contributed by atoms with E-state index in [-0.39, 0.29) is 0 Å². The minimum Gasteiger partial charge on any atom is -0.497 e. The van der Waals surface area contributed by atoms with Crippen molar-refractivity contribution in [2.75, 3.05) is 39.3 Å². The number of hydrogen-bond donors (Lipinski definition) is 0. The Morgan fingerprint density at radius 1 is 0.973 bits per heavy atom. The van der Waals surface area contributed by atoms with Crippen LogP contribution < -0.4 is 14.4 Å². The maximum absolute atomic E-state index is 6.19. The molecule has 2 aliphatic heterocycles. The predicted molar refractivity (Wildman–Crippen MR) is 148 cm³/mol. The highest BCUT2D eigenvalue weighted by molar-refractivity contribution is 5.93. The molecule has 7 nitrogen and oxygen atoms in total. The summed E-state index contributed by atoms with van der Waals surface area (Å²) in [7, 11) is 5.74. The largest absolute Gasteiger partial charge is 0.497 e. The highest BCUT2D eigenvalue weighted by Gasteiger charge is 2.21. The van der Waals surface area contributed by atoms with Gasteiger partial charge in [-0.15, -0.1) is 0 Å².